The fourth-order valence-corrected chi connectivity index (χ4v) is 4.12. The summed E-state index contributed by atoms with van der Waals surface area (Å²) in [7, 11) is 1.29. The first kappa shape index (κ1) is 24.4. The van der Waals surface area contributed by atoms with Crippen molar-refractivity contribution in [1.29, 1.82) is 0 Å². The van der Waals surface area contributed by atoms with Crippen LogP contribution in [0.3, 0.4) is 0 Å². The number of hydrogen-bond donors (Lipinski definition) is 2. The van der Waals surface area contributed by atoms with Gasteiger partial charge in [-0.15, -0.1) is 0 Å². The van der Waals surface area contributed by atoms with Gasteiger partial charge < -0.3 is 24.8 Å². The highest BCUT2D eigenvalue weighted by Crippen LogP contribution is 2.28. The number of fused-ring (bicyclic) bond motifs is 1. The molecule has 0 spiro atoms. The predicted octanol–water partition coefficient (Wildman–Crippen LogP) is 3.52. The van der Waals surface area contributed by atoms with E-state index < -0.39 is 41.5 Å². The van der Waals surface area contributed by atoms with Crippen molar-refractivity contribution < 1.29 is 35.3 Å². The third-order valence-electron chi connectivity index (χ3n) is 5.98. The van der Waals surface area contributed by atoms with Crippen LogP contribution in [0, 0.1) is 11.6 Å². The van der Waals surface area contributed by atoms with E-state index in [-0.39, 0.29) is 17.4 Å². The van der Waals surface area contributed by atoms with Crippen molar-refractivity contribution in [2.24, 2.45) is 0 Å². The van der Waals surface area contributed by atoms with Crippen molar-refractivity contribution in [3.05, 3.63) is 65.5 Å². The third-order valence-corrected chi connectivity index (χ3v) is 5.98. The van der Waals surface area contributed by atoms with E-state index in [1.807, 2.05) is 0 Å². The van der Waals surface area contributed by atoms with E-state index >= 15 is 0 Å². The van der Waals surface area contributed by atoms with Gasteiger partial charge in [0.1, 0.15) is 17.5 Å². The molecular weight excluding hydrogens is 526 g/mol. The molecular formula is C27H26F2N6O5. The maximum Gasteiger partial charge on any atom is 0.257 e. The van der Waals surface area contributed by atoms with Crippen LogP contribution in [-0.4, -0.2) is 57.8 Å². The summed E-state index contributed by atoms with van der Waals surface area (Å²) in [6.45, 7) is -0.648. The van der Waals surface area contributed by atoms with E-state index in [0.717, 1.165) is 6.07 Å². The Balaban J connectivity index is 1.45. The molecule has 0 saturated carbocycles. The summed E-state index contributed by atoms with van der Waals surface area (Å²) >= 11 is 0. The largest absolute Gasteiger partial charge is 0.487 e. The lowest BCUT2D eigenvalue weighted by molar-refractivity contribution is -0.114. The van der Waals surface area contributed by atoms with Gasteiger partial charge in [-0.25, -0.2) is 23.3 Å². The Morgan fingerprint density at radius 2 is 2.02 bits per heavy atom. The number of pyridine rings is 1. The molecule has 11 nitrogen and oxygen atoms in total. The van der Waals surface area contributed by atoms with Gasteiger partial charge in [0.2, 0.25) is 11.8 Å². The molecule has 1 saturated heterocycles. The normalized spacial score (nSPS) is 14.8. The Bertz CT molecular complexity index is 1660. The number of methoxy groups -OCH3 is 1. The van der Waals surface area contributed by atoms with Crippen molar-refractivity contribution in [2.45, 2.75) is 32.4 Å². The first-order valence-corrected chi connectivity index (χ1v) is 12.3. The number of imidazole rings is 1. The van der Waals surface area contributed by atoms with Crippen molar-refractivity contribution in [3.8, 4) is 22.9 Å². The zero-order chi connectivity index (χ0) is 30.0. The monoisotopic (exact) mass is 554 g/mol. The Morgan fingerprint density at radius 3 is 2.77 bits per heavy atom. The molecule has 1 aliphatic rings. The number of nitrogens with zero attached hydrogens (tertiary/aromatic N) is 4. The number of halogens is 2. The molecule has 0 aliphatic carbocycles. The SMILES string of the molecule is [2H]C([2H])(NC(=O)c1cc(-c2ccc3nc(NC(C)=O)cn3n2)cnc1OC)c1cc(F)cc(F)c1OC1CCOCC1. The molecule has 1 fully saturated rings. The van der Waals surface area contributed by atoms with Gasteiger partial charge in [0.05, 0.1) is 35.0 Å². The molecule has 1 aliphatic heterocycles. The summed E-state index contributed by atoms with van der Waals surface area (Å²) < 4.78 is 63.9. The van der Waals surface area contributed by atoms with Gasteiger partial charge in [-0.1, -0.05) is 0 Å². The average Bonchev–Trinajstić information content (AvgIpc) is 3.35. The lowest BCUT2D eigenvalue weighted by atomic mass is 10.1. The van der Waals surface area contributed by atoms with Crippen LogP contribution in [0.25, 0.3) is 16.9 Å². The second-order valence-corrected chi connectivity index (χ2v) is 8.88. The number of amides is 2. The molecule has 2 N–H and O–H groups in total. The summed E-state index contributed by atoms with van der Waals surface area (Å²) in [6.07, 6.45) is 3.33. The van der Waals surface area contributed by atoms with Crippen LogP contribution >= 0.6 is 0 Å². The molecule has 0 radical (unpaired) electrons. The first-order valence-electron chi connectivity index (χ1n) is 13.3. The van der Waals surface area contributed by atoms with Gasteiger partial charge in [-0.2, -0.15) is 5.10 Å². The Hall–Kier alpha value is -4.65. The van der Waals surface area contributed by atoms with Crippen molar-refractivity contribution in [3.63, 3.8) is 0 Å². The van der Waals surface area contributed by atoms with Gasteiger partial charge in [-0.3, -0.25) is 9.59 Å². The number of aromatic nitrogens is 4. The molecule has 13 heteroatoms. The second kappa shape index (κ2) is 11.6. The molecule has 1 aromatic carbocycles. The van der Waals surface area contributed by atoms with Crippen LogP contribution < -0.4 is 20.1 Å². The zero-order valence-electron chi connectivity index (χ0n) is 23.5. The molecule has 40 heavy (non-hydrogen) atoms. The number of hydrogen-bond acceptors (Lipinski definition) is 8. The highest BCUT2D eigenvalue weighted by atomic mass is 19.1. The van der Waals surface area contributed by atoms with Crippen molar-refractivity contribution in [2.75, 3.05) is 25.6 Å². The number of ether oxygens (including phenoxy) is 3. The molecule has 5 rings (SSSR count). The standard InChI is InChI=1S/C27H26F2N6O5/c1-15(36)32-23-14-35-24(33-23)4-3-22(34-35)16-10-20(27(38-2)31-12-16)26(37)30-13-17-9-18(28)11-21(29)25(17)40-19-5-7-39-8-6-19/h3-4,9-12,14,19H,5-8,13H2,1-2H3,(H,30,37)(H,32,36)/i13D2. The quantitative estimate of drug-likeness (QED) is 0.339. The predicted molar refractivity (Wildman–Crippen MR) is 139 cm³/mol. The maximum absolute atomic E-state index is 14.9. The lowest BCUT2D eigenvalue weighted by Crippen LogP contribution is -2.28. The zero-order valence-corrected chi connectivity index (χ0v) is 21.5. The minimum absolute atomic E-state index is 0.118. The molecule has 0 unspecified atom stereocenters. The molecule has 208 valence electrons. The summed E-state index contributed by atoms with van der Waals surface area (Å²) in [5.41, 5.74) is 0.523. The van der Waals surface area contributed by atoms with Crippen LogP contribution in [0.5, 0.6) is 11.6 Å². The number of benzene rings is 1. The fourth-order valence-electron chi connectivity index (χ4n) is 4.12. The van der Waals surface area contributed by atoms with Crippen molar-refractivity contribution >= 4 is 23.3 Å². The van der Waals surface area contributed by atoms with Gasteiger partial charge in [0.25, 0.3) is 5.91 Å². The van der Waals surface area contributed by atoms with E-state index in [1.165, 1.54) is 37.0 Å². The topological polar surface area (TPSA) is 129 Å². The summed E-state index contributed by atoms with van der Waals surface area (Å²) in [4.78, 5) is 33.2. The van der Waals surface area contributed by atoms with Gasteiger partial charge >= 0.3 is 0 Å². The summed E-state index contributed by atoms with van der Waals surface area (Å²) in [5.74, 6) is -3.71. The van der Waals surface area contributed by atoms with Gasteiger partial charge in [-0.05, 0) is 24.3 Å². The maximum atomic E-state index is 14.9. The van der Waals surface area contributed by atoms with E-state index in [2.05, 4.69) is 25.7 Å². The summed E-state index contributed by atoms with van der Waals surface area (Å²) in [6, 6.07) is 6.04. The minimum Gasteiger partial charge on any atom is -0.487 e. The van der Waals surface area contributed by atoms with Gasteiger partial charge in [0.15, 0.2) is 23.0 Å². The number of rotatable bonds is 8. The van der Waals surface area contributed by atoms with E-state index in [4.69, 9.17) is 17.0 Å². The molecule has 2 amide bonds. The number of anilines is 1. The number of carbonyl (C=O) groups excluding carboxylic acids is 2. The minimum atomic E-state index is -2.77. The summed E-state index contributed by atoms with van der Waals surface area (Å²) in [5, 5.41) is 9.20. The van der Waals surface area contributed by atoms with Crippen LogP contribution in [0.4, 0.5) is 14.6 Å². The Kier molecular flexibility index (Phi) is 7.08. The van der Waals surface area contributed by atoms with Crippen molar-refractivity contribution in [1.82, 2.24) is 24.9 Å². The highest BCUT2D eigenvalue weighted by Gasteiger charge is 2.22. The van der Waals surface area contributed by atoms with Gasteiger partial charge in [0, 0.05) is 49.7 Å². The molecule has 4 heterocycles. The molecule has 0 bridgehead atoms. The number of nitrogens with one attached hydrogen (secondary N) is 2. The Morgan fingerprint density at radius 1 is 1.23 bits per heavy atom. The van der Waals surface area contributed by atoms with Crippen LogP contribution in [0.15, 0.2) is 42.7 Å². The molecule has 4 aromatic rings. The van der Waals surface area contributed by atoms with E-state index in [0.29, 0.717) is 54.8 Å². The van der Waals surface area contributed by atoms with Crippen LogP contribution in [-0.2, 0) is 16.0 Å². The second-order valence-electron chi connectivity index (χ2n) is 8.88. The smallest absolute Gasteiger partial charge is 0.257 e. The third kappa shape index (κ3) is 5.99. The Labute approximate surface area is 230 Å². The molecule has 3 aromatic heterocycles. The van der Waals surface area contributed by atoms with E-state index in [9.17, 15) is 18.4 Å². The number of carbonyl (C=O) groups is 2. The fraction of sp³-hybridized carbons (Fsp3) is 0.296. The first-order chi connectivity index (χ1) is 20.0. The lowest BCUT2D eigenvalue weighted by Gasteiger charge is -2.25. The average molecular weight is 555 g/mol. The van der Waals surface area contributed by atoms with Crippen LogP contribution in [0.1, 0.15) is 38.4 Å². The molecule has 0 atom stereocenters. The van der Waals surface area contributed by atoms with Crippen LogP contribution in [0.2, 0.25) is 0 Å². The van der Waals surface area contributed by atoms with E-state index in [1.54, 1.807) is 12.1 Å². The highest BCUT2D eigenvalue weighted by molar-refractivity contribution is 5.97.